The normalized spacial score (nSPS) is 19.6. The minimum Gasteiger partial charge on any atom is -0.380 e. The van der Waals surface area contributed by atoms with E-state index >= 15 is 0 Å². The highest BCUT2D eigenvalue weighted by molar-refractivity contribution is 5.19. The van der Waals surface area contributed by atoms with Gasteiger partial charge in [0.25, 0.3) is 0 Å². The van der Waals surface area contributed by atoms with Gasteiger partial charge in [-0.15, -0.1) is 0 Å². The minimum atomic E-state index is 0.319. The van der Waals surface area contributed by atoms with Gasteiger partial charge in [-0.05, 0) is 19.7 Å². The van der Waals surface area contributed by atoms with Crippen LogP contribution in [0.2, 0.25) is 0 Å². The molecule has 3 heteroatoms. The lowest BCUT2D eigenvalue weighted by molar-refractivity contribution is -0.100. The lowest BCUT2D eigenvalue weighted by Crippen LogP contribution is -2.49. The first-order valence-electron chi connectivity index (χ1n) is 6.60. The smallest absolute Gasteiger partial charge is 0.0554 e. The molecule has 1 fully saturated rings. The number of rotatable bonds is 6. The number of ether oxygens (including phenoxy) is 1. The molecule has 1 unspecified atom stereocenters. The molecule has 1 aromatic carbocycles. The second kappa shape index (κ2) is 5.83. The van der Waals surface area contributed by atoms with Gasteiger partial charge in [0, 0.05) is 24.5 Å². The number of benzene rings is 1. The van der Waals surface area contributed by atoms with Crippen molar-refractivity contribution in [1.82, 2.24) is 10.2 Å². The molecule has 18 heavy (non-hydrogen) atoms. The highest BCUT2D eigenvalue weighted by atomic mass is 16.5. The van der Waals surface area contributed by atoms with Crippen LogP contribution in [0.4, 0.5) is 0 Å². The van der Waals surface area contributed by atoms with Crippen molar-refractivity contribution in [3.63, 3.8) is 0 Å². The molecule has 0 bridgehead atoms. The average Bonchev–Trinajstić information content (AvgIpc) is 2.33. The molecule has 1 heterocycles. The number of hydrogen-bond acceptors (Lipinski definition) is 3. The Kier molecular flexibility index (Phi) is 4.38. The molecule has 0 aliphatic carbocycles. The van der Waals surface area contributed by atoms with Crippen molar-refractivity contribution < 1.29 is 4.74 Å². The summed E-state index contributed by atoms with van der Waals surface area (Å²) in [6, 6.07) is 11.1. The molecule has 1 atom stereocenters. The topological polar surface area (TPSA) is 24.5 Å². The molecule has 100 valence electrons. The molecular weight excluding hydrogens is 224 g/mol. The number of nitrogens with one attached hydrogen (secondary N) is 1. The first kappa shape index (κ1) is 13.5. The summed E-state index contributed by atoms with van der Waals surface area (Å²) in [5, 5.41) is 3.69. The maximum absolute atomic E-state index is 5.31. The fourth-order valence-electron chi connectivity index (χ4n) is 2.26. The van der Waals surface area contributed by atoms with Crippen LogP contribution < -0.4 is 5.32 Å². The zero-order chi connectivity index (χ0) is 13.0. The lowest BCUT2D eigenvalue weighted by Gasteiger charge is -2.39. The van der Waals surface area contributed by atoms with Crippen LogP contribution in [0.25, 0.3) is 0 Å². The fourth-order valence-corrected chi connectivity index (χ4v) is 2.26. The van der Waals surface area contributed by atoms with Gasteiger partial charge in [-0.2, -0.15) is 0 Å². The third kappa shape index (κ3) is 3.55. The van der Waals surface area contributed by atoms with Gasteiger partial charge in [-0.1, -0.05) is 37.3 Å². The maximum Gasteiger partial charge on any atom is 0.0554 e. The summed E-state index contributed by atoms with van der Waals surface area (Å²) in [4.78, 5) is 2.23. The summed E-state index contributed by atoms with van der Waals surface area (Å²) < 4.78 is 5.31. The van der Waals surface area contributed by atoms with E-state index in [2.05, 4.69) is 61.6 Å². The largest absolute Gasteiger partial charge is 0.380 e. The molecule has 0 aromatic heterocycles. The van der Waals surface area contributed by atoms with Crippen LogP contribution in [-0.4, -0.2) is 45.3 Å². The van der Waals surface area contributed by atoms with Crippen molar-refractivity contribution in [2.24, 2.45) is 5.41 Å². The van der Waals surface area contributed by atoms with E-state index in [1.54, 1.807) is 0 Å². The summed E-state index contributed by atoms with van der Waals surface area (Å²) in [5.41, 5.74) is 1.68. The van der Waals surface area contributed by atoms with Gasteiger partial charge in [0.05, 0.1) is 13.2 Å². The standard InChI is InChI=1S/C15H24N2O/c1-15(11-18-12-15)10-16-14(9-17(2)3)13-7-5-4-6-8-13/h4-8,14,16H,9-12H2,1-3H3. The Balaban J connectivity index is 1.96. The Morgan fingerprint density at radius 1 is 1.28 bits per heavy atom. The number of nitrogens with zero attached hydrogens (tertiary/aromatic N) is 1. The highest BCUT2D eigenvalue weighted by Crippen LogP contribution is 2.26. The fraction of sp³-hybridized carbons (Fsp3) is 0.600. The van der Waals surface area contributed by atoms with Crippen LogP contribution in [0.3, 0.4) is 0 Å². The van der Waals surface area contributed by atoms with Crippen molar-refractivity contribution in [2.75, 3.05) is 40.4 Å². The van der Waals surface area contributed by atoms with E-state index in [1.165, 1.54) is 5.56 Å². The van der Waals surface area contributed by atoms with Crippen molar-refractivity contribution in [2.45, 2.75) is 13.0 Å². The summed E-state index contributed by atoms with van der Waals surface area (Å²) in [6.45, 7) is 6.06. The summed E-state index contributed by atoms with van der Waals surface area (Å²) >= 11 is 0. The molecule has 1 saturated heterocycles. The van der Waals surface area contributed by atoms with Crippen molar-refractivity contribution in [1.29, 1.82) is 0 Å². The maximum atomic E-state index is 5.31. The van der Waals surface area contributed by atoms with E-state index < -0.39 is 0 Å². The molecule has 1 aliphatic rings. The summed E-state index contributed by atoms with van der Waals surface area (Å²) in [7, 11) is 4.23. The molecule has 0 radical (unpaired) electrons. The summed E-state index contributed by atoms with van der Waals surface area (Å²) in [6.07, 6.45) is 0. The van der Waals surface area contributed by atoms with Gasteiger partial charge in [0.1, 0.15) is 0 Å². The van der Waals surface area contributed by atoms with E-state index in [9.17, 15) is 0 Å². The Labute approximate surface area is 110 Å². The lowest BCUT2D eigenvalue weighted by atomic mass is 9.88. The molecule has 0 amide bonds. The van der Waals surface area contributed by atoms with Crippen LogP contribution in [0, 0.1) is 5.41 Å². The van der Waals surface area contributed by atoms with Gasteiger partial charge in [-0.25, -0.2) is 0 Å². The van der Waals surface area contributed by atoms with E-state index in [4.69, 9.17) is 4.74 Å². The van der Waals surface area contributed by atoms with Crippen molar-refractivity contribution >= 4 is 0 Å². The van der Waals surface area contributed by atoms with Crippen molar-refractivity contribution in [3.8, 4) is 0 Å². The van der Waals surface area contributed by atoms with Crippen LogP contribution >= 0.6 is 0 Å². The predicted octanol–water partition coefficient (Wildman–Crippen LogP) is 1.92. The van der Waals surface area contributed by atoms with Gasteiger partial charge < -0.3 is 15.0 Å². The van der Waals surface area contributed by atoms with E-state index in [0.717, 1.165) is 26.3 Å². The zero-order valence-electron chi connectivity index (χ0n) is 11.6. The third-order valence-electron chi connectivity index (χ3n) is 3.43. The molecule has 1 aliphatic heterocycles. The van der Waals surface area contributed by atoms with Gasteiger partial charge in [-0.3, -0.25) is 0 Å². The third-order valence-corrected chi connectivity index (χ3v) is 3.43. The van der Waals surface area contributed by atoms with Crippen LogP contribution in [0.5, 0.6) is 0 Å². The Hall–Kier alpha value is -0.900. The molecule has 0 saturated carbocycles. The predicted molar refractivity (Wildman–Crippen MR) is 74.7 cm³/mol. The molecule has 1 N–H and O–H groups in total. The minimum absolute atomic E-state index is 0.319. The highest BCUT2D eigenvalue weighted by Gasteiger charge is 2.33. The first-order valence-corrected chi connectivity index (χ1v) is 6.60. The van der Waals surface area contributed by atoms with Gasteiger partial charge in [0.2, 0.25) is 0 Å². The van der Waals surface area contributed by atoms with Crippen molar-refractivity contribution in [3.05, 3.63) is 35.9 Å². The second-order valence-corrected chi connectivity index (χ2v) is 5.91. The monoisotopic (exact) mass is 248 g/mol. The summed E-state index contributed by atoms with van der Waals surface area (Å²) in [5.74, 6) is 0. The zero-order valence-corrected chi connectivity index (χ0v) is 11.6. The van der Waals surface area contributed by atoms with E-state index in [0.29, 0.717) is 11.5 Å². The number of hydrogen-bond donors (Lipinski definition) is 1. The average molecular weight is 248 g/mol. The molecule has 3 nitrogen and oxygen atoms in total. The molecule has 1 aromatic rings. The first-order chi connectivity index (χ1) is 8.59. The van der Waals surface area contributed by atoms with E-state index in [1.807, 2.05) is 0 Å². The van der Waals surface area contributed by atoms with E-state index in [-0.39, 0.29) is 0 Å². The number of likely N-dealkylation sites (N-methyl/N-ethyl adjacent to an activating group) is 1. The Morgan fingerprint density at radius 3 is 2.44 bits per heavy atom. The molecular formula is C15H24N2O. The Bertz CT molecular complexity index is 360. The SMILES string of the molecule is CN(C)CC(NCC1(C)COC1)c1ccccc1. The second-order valence-electron chi connectivity index (χ2n) is 5.91. The van der Waals surface area contributed by atoms with Gasteiger partial charge in [0.15, 0.2) is 0 Å². The Morgan fingerprint density at radius 2 is 1.94 bits per heavy atom. The molecule has 0 spiro atoms. The quantitative estimate of drug-likeness (QED) is 0.832. The van der Waals surface area contributed by atoms with Crippen LogP contribution in [0.1, 0.15) is 18.5 Å². The van der Waals surface area contributed by atoms with Gasteiger partial charge >= 0.3 is 0 Å². The molecule has 2 rings (SSSR count). The van der Waals surface area contributed by atoms with Crippen LogP contribution in [0.15, 0.2) is 30.3 Å². The van der Waals surface area contributed by atoms with Crippen LogP contribution in [-0.2, 0) is 4.74 Å².